The van der Waals surface area contributed by atoms with Crippen LogP contribution in [0.15, 0.2) is 30.3 Å². The molecule has 2 nitrogen and oxygen atoms in total. The number of rotatable bonds is 5. The van der Waals surface area contributed by atoms with Crippen LogP contribution >= 0.6 is 0 Å². The number of hydrogen-bond acceptors (Lipinski definition) is 2. The van der Waals surface area contributed by atoms with E-state index >= 15 is 0 Å². The first-order chi connectivity index (χ1) is 8.15. The first-order valence-corrected chi connectivity index (χ1v) is 6.58. The average Bonchev–Trinajstić information content (AvgIpc) is 3.01. The molecule has 0 aliphatic carbocycles. The molecule has 1 fully saturated rings. The third-order valence-corrected chi connectivity index (χ3v) is 3.75. The van der Waals surface area contributed by atoms with Crippen molar-refractivity contribution in [3.8, 4) is 0 Å². The second kappa shape index (κ2) is 5.19. The molecule has 2 rings (SSSR count). The third-order valence-electron chi connectivity index (χ3n) is 3.75. The van der Waals surface area contributed by atoms with E-state index in [4.69, 9.17) is 0 Å². The van der Waals surface area contributed by atoms with Gasteiger partial charge >= 0.3 is 0 Å². The molecule has 17 heavy (non-hydrogen) atoms. The van der Waals surface area contributed by atoms with Gasteiger partial charge in [0.25, 0.3) is 0 Å². The normalized spacial score (nSPS) is 29.4. The number of benzene rings is 1. The number of aliphatic hydroxyl groups excluding tert-OH is 1. The van der Waals surface area contributed by atoms with Crippen molar-refractivity contribution >= 4 is 0 Å². The molecule has 1 unspecified atom stereocenters. The van der Waals surface area contributed by atoms with E-state index in [1.165, 1.54) is 12.0 Å². The zero-order valence-electron chi connectivity index (χ0n) is 11.0. The molecule has 1 aromatic carbocycles. The van der Waals surface area contributed by atoms with Gasteiger partial charge in [-0.05, 0) is 24.8 Å². The highest BCUT2D eigenvalue weighted by molar-refractivity contribution is 5.21. The fourth-order valence-corrected chi connectivity index (χ4v) is 2.81. The van der Waals surface area contributed by atoms with Gasteiger partial charge in [0.1, 0.15) is 0 Å². The maximum absolute atomic E-state index is 9.41. The molecule has 1 aromatic rings. The zero-order valence-corrected chi connectivity index (χ0v) is 11.0. The SMILES string of the molecule is CC(C)C[C@H]1[C@@H](CO)N1[C@@H](C)c1ccccc1. The summed E-state index contributed by atoms with van der Waals surface area (Å²) < 4.78 is 0. The van der Waals surface area contributed by atoms with E-state index in [2.05, 4.69) is 49.9 Å². The summed E-state index contributed by atoms with van der Waals surface area (Å²) in [5.74, 6) is 0.696. The van der Waals surface area contributed by atoms with Crippen LogP contribution in [0.2, 0.25) is 0 Å². The molecule has 4 atom stereocenters. The molecule has 94 valence electrons. The Morgan fingerprint density at radius 3 is 2.29 bits per heavy atom. The van der Waals surface area contributed by atoms with Crippen molar-refractivity contribution < 1.29 is 5.11 Å². The van der Waals surface area contributed by atoms with Crippen LogP contribution in [-0.2, 0) is 0 Å². The van der Waals surface area contributed by atoms with Gasteiger partial charge < -0.3 is 5.11 Å². The number of aliphatic hydroxyl groups is 1. The van der Waals surface area contributed by atoms with Crippen LogP contribution in [0.3, 0.4) is 0 Å². The van der Waals surface area contributed by atoms with E-state index in [0.29, 0.717) is 24.0 Å². The Kier molecular flexibility index (Phi) is 3.85. The first kappa shape index (κ1) is 12.6. The molecule has 0 spiro atoms. The lowest BCUT2D eigenvalue weighted by Crippen LogP contribution is -2.11. The summed E-state index contributed by atoms with van der Waals surface area (Å²) in [5.41, 5.74) is 1.34. The van der Waals surface area contributed by atoms with Crippen LogP contribution in [-0.4, -0.2) is 28.7 Å². The monoisotopic (exact) mass is 233 g/mol. The third kappa shape index (κ3) is 2.70. The van der Waals surface area contributed by atoms with Crippen molar-refractivity contribution in [2.45, 2.75) is 45.3 Å². The smallest absolute Gasteiger partial charge is 0.0602 e. The lowest BCUT2D eigenvalue weighted by molar-refractivity contribution is 0.259. The van der Waals surface area contributed by atoms with Gasteiger partial charge in [-0.3, -0.25) is 4.90 Å². The summed E-state index contributed by atoms with van der Waals surface area (Å²) in [6.07, 6.45) is 1.18. The molecule has 1 aliphatic rings. The van der Waals surface area contributed by atoms with E-state index in [9.17, 15) is 5.11 Å². The van der Waals surface area contributed by atoms with Crippen LogP contribution in [0.25, 0.3) is 0 Å². The minimum atomic E-state index is 0.286. The number of hydrogen-bond donors (Lipinski definition) is 1. The predicted molar refractivity (Wildman–Crippen MR) is 70.8 cm³/mol. The largest absolute Gasteiger partial charge is 0.395 e. The Morgan fingerprint density at radius 2 is 1.76 bits per heavy atom. The molecule has 1 aliphatic heterocycles. The lowest BCUT2D eigenvalue weighted by atomic mass is 10.1. The van der Waals surface area contributed by atoms with Crippen molar-refractivity contribution in [3.63, 3.8) is 0 Å². The highest BCUT2D eigenvalue weighted by Gasteiger charge is 2.49. The van der Waals surface area contributed by atoms with E-state index in [0.717, 1.165) is 0 Å². The molecule has 0 amide bonds. The molecule has 0 saturated carbocycles. The molecular formula is C15H23NO. The second-order valence-electron chi connectivity index (χ2n) is 5.48. The van der Waals surface area contributed by atoms with Crippen molar-refractivity contribution in [1.29, 1.82) is 0 Å². The van der Waals surface area contributed by atoms with Gasteiger partial charge in [-0.1, -0.05) is 44.2 Å². The summed E-state index contributed by atoms with van der Waals surface area (Å²) in [6, 6.07) is 11.9. The molecule has 2 heteroatoms. The summed E-state index contributed by atoms with van der Waals surface area (Å²) in [5, 5.41) is 9.41. The van der Waals surface area contributed by atoms with Crippen LogP contribution < -0.4 is 0 Å². The molecule has 0 bridgehead atoms. The molecule has 0 aromatic heterocycles. The standard InChI is InChI=1S/C15H23NO/c1-11(2)9-14-15(10-17)16(14)12(3)13-7-5-4-6-8-13/h4-8,11-12,14-15,17H,9-10H2,1-3H3/t12-,14-,15+,16?/m0/s1. The maximum Gasteiger partial charge on any atom is 0.0602 e. The van der Waals surface area contributed by atoms with Crippen molar-refractivity contribution in [3.05, 3.63) is 35.9 Å². The van der Waals surface area contributed by atoms with Gasteiger partial charge in [0.05, 0.1) is 6.61 Å². The van der Waals surface area contributed by atoms with Crippen LogP contribution in [0.1, 0.15) is 38.8 Å². The average molecular weight is 233 g/mol. The quantitative estimate of drug-likeness (QED) is 0.790. The fourth-order valence-electron chi connectivity index (χ4n) is 2.81. The Labute approximate surface area is 104 Å². The summed E-state index contributed by atoms with van der Waals surface area (Å²) in [4.78, 5) is 2.44. The molecule has 0 radical (unpaired) electrons. The van der Waals surface area contributed by atoms with Crippen molar-refractivity contribution in [1.82, 2.24) is 4.90 Å². The lowest BCUT2D eigenvalue weighted by Gasteiger charge is -2.15. The van der Waals surface area contributed by atoms with Crippen LogP contribution in [0.4, 0.5) is 0 Å². The Morgan fingerprint density at radius 1 is 1.12 bits per heavy atom. The highest BCUT2D eigenvalue weighted by Crippen LogP contribution is 2.41. The van der Waals surface area contributed by atoms with Crippen LogP contribution in [0.5, 0.6) is 0 Å². The van der Waals surface area contributed by atoms with E-state index < -0.39 is 0 Å². The molecule has 1 saturated heterocycles. The number of nitrogens with zero attached hydrogens (tertiary/aromatic N) is 1. The van der Waals surface area contributed by atoms with Gasteiger partial charge in [-0.15, -0.1) is 0 Å². The maximum atomic E-state index is 9.41. The zero-order chi connectivity index (χ0) is 12.4. The molecule has 1 N–H and O–H groups in total. The fraction of sp³-hybridized carbons (Fsp3) is 0.600. The van der Waals surface area contributed by atoms with E-state index in [-0.39, 0.29) is 6.61 Å². The Balaban J connectivity index is 2.03. The second-order valence-corrected chi connectivity index (χ2v) is 5.48. The van der Waals surface area contributed by atoms with Crippen molar-refractivity contribution in [2.75, 3.05) is 6.61 Å². The first-order valence-electron chi connectivity index (χ1n) is 6.58. The summed E-state index contributed by atoms with van der Waals surface area (Å²) in [6.45, 7) is 7.02. The van der Waals surface area contributed by atoms with Gasteiger partial charge in [-0.25, -0.2) is 0 Å². The van der Waals surface area contributed by atoms with E-state index in [1.54, 1.807) is 0 Å². The minimum Gasteiger partial charge on any atom is -0.395 e. The topological polar surface area (TPSA) is 23.2 Å². The van der Waals surface area contributed by atoms with Crippen molar-refractivity contribution in [2.24, 2.45) is 5.92 Å². The summed E-state index contributed by atoms with van der Waals surface area (Å²) in [7, 11) is 0. The Hall–Kier alpha value is -0.860. The molecular weight excluding hydrogens is 210 g/mol. The van der Waals surface area contributed by atoms with Gasteiger partial charge in [-0.2, -0.15) is 0 Å². The van der Waals surface area contributed by atoms with E-state index in [1.807, 2.05) is 6.07 Å². The minimum absolute atomic E-state index is 0.286. The summed E-state index contributed by atoms with van der Waals surface area (Å²) >= 11 is 0. The highest BCUT2D eigenvalue weighted by atomic mass is 16.3. The Bertz CT molecular complexity index is 349. The molecule has 1 heterocycles. The van der Waals surface area contributed by atoms with Gasteiger partial charge in [0.2, 0.25) is 0 Å². The van der Waals surface area contributed by atoms with Gasteiger partial charge in [0.15, 0.2) is 0 Å². The van der Waals surface area contributed by atoms with Gasteiger partial charge in [0, 0.05) is 18.1 Å². The predicted octanol–water partition coefficient (Wildman–Crippen LogP) is 2.84. The van der Waals surface area contributed by atoms with Crippen LogP contribution in [0, 0.1) is 5.92 Å².